The zero-order valence-electron chi connectivity index (χ0n) is 14.9. The Hall–Kier alpha value is -2.55. The fraction of sp³-hybridized carbons (Fsp3) is 0.444. The Balaban J connectivity index is 2.07. The van der Waals surface area contributed by atoms with Gasteiger partial charge < -0.3 is 21.3 Å². The summed E-state index contributed by atoms with van der Waals surface area (Å²) in [6, 6.07) is 7.78. The molecule has 1 aromatic carbocycles. The number of amides is 4. The van der Waals surface area contributed by atoms with Crippen molar-refractivity contribution in [2.75, 3.05) is 18.8 Å². The molecule has 1 aliphatic rings. The minimum atomic E-state index is -0.784. The highest BCUT2D eigenvalue weighted by Gasteiger charge is 2.23. The van der Waals surface area contributed by atoms with Crippen molar-refractivity contribution < 1.29 is 19.2 Å². The SMILES string of the molecule is O=C1CCNC(=O)[C@H](Cc2ccccc2)NC(=O)CCNC(=O)[C@H](CS)N1. The fourth-order valence-electron chi connectivity index (χ4n) is 2.63. The van der Waals surface area contributed by atoms with Gasteiger partial charge in [0.1, 0.15) is 12.1 Å². The van der Waals surface area contributed by atoms with E-state index in [-0.39, 0.29) is 49.4 Å². The molecule has 8 nitrogen and oxygen atoms in total. The molecule has 2 atom stereocenters. The molecule has 0 unspecified atom stereocenters. The van der Waals surface area contributed by atoms with Gasteiger partial charge in [0.15, 0.2) is 0 Å². The van der Waals surface area contributed by atoms with E-state index in [2.05, 4.69) is 33.9 Å². The number of carbonyl (C=O) groups is 4. The molecule has 4 N–H and O–H groups in total. The lowest BCUT2D eigenvalue weighted by atomic mass is 10.0. The van der Waals surface area contributed by atoms with Crippen molar-refractivity contribution in [2.24, 2.45) is 0 Å². The predicted molar refractivity (Wildman–Crippen MR) is 103 cm³/mol. The first-order valence-corrected chi connectivity index (χ1v) is 9.41. The molecule has 1 fully saturated rings. The average molecular weight is 392 g/mol. The molecule has 1 aliphatic heterocycles. The molecule has 0 bridgehead atoms. The molecule has 4 amide bonds. The highest BCUT2D eigenvalue weighted by atomic mass is 32.1. The van der Waals surface area contributed by atoms with E-state index in [1.165, 1.54) is 0 Å². The number of hydrogen-bond acceptors (Lipinski definition) is 5. The van der Waals surface area contributed by atoms with E-state index in [1.807, 2.05) is 30.3 Å². The molecule has 146 valence electrons. The minimum Gasteiger partial charge on any atom is -0.354 e. The van der Waals surface area contributed by atoms with E-state index < -0.39 is 18.0 Å². The Morgan fingerprint density at radius 3 is 1.89 bits per heavy atom. The molecular formula is C18H24N4O4S. The molecule has 2 rings (SSSR count). The van der Waals surface area contributed by atoms with Gasteiger partial charge in [-0.05, 0) is 5.56 Å². The largest absolute Gasteiger partial charge is 0.354 e. The van der Waals surface area contributed by atoms with Gasteiger partial charge in [0.25, 0.3) is 0 Å². The van der Waals surface area contributed by atoms with E-state index in [0.29, 0.717) is 6.42 Å². The van der Waals surface area contributed by atoms with Crippen LogP contribution in [0.5, 0.6) is 0 Å². The average Bonchev–Trinajstić information content (AvgIpc) is 2.65. The van der Waals surface area contributed by atoms with Crippen LogP contribution in [0.2, 0.25) is 0 Å². The molecule has 0 saturated carbocycles. The van der Waals surface area contributed by atoms with Crippen molar-refractivity contribution in [1.82, 2.24) is 21.3 Å². The van der Waals surface area contributed by atoms with Crippen LogP contribution >= 0.6 is 12.6 Å². The van der Waals surface area contributed by atoms with E-state index in [1.54, 1.807) is 0 Å². The number of carbonyl (C=O) groups excluding carboxylic acids is 4. The van der Waals surface area contributed by atoms with Crippen molar-refractivity contribution in [3.05, 3.63) is 35.9 Å². The third-order valence-electron chi connectivity index (χ3n) is 4.07. The first-order chi connectivity index (χ1) is 13.0. The van der Waals surface area contributed by atoms with Crippen LogP contribution in [0.15, 0.2) is 30.3 Å². The van der Waals surface area contributed by atoms with E-state index in [0.717, 1.165) is 5.56 Å². The third-order valence-corrected chi connectivity index (χ3v) is 4.44. The maximum absolute atomic E-state index is 12.5. The second kappa shape index (κ2) is 10.6. The summed E-state index contributed by atoms with van der Waals surface area (Å²) < 4.78 is 0. The zero-order chi connectivity index (χ0) is 19.6. The van der Waals surface area contributed by atoms with Gasteiger partial charge in [-0.1, -0.05) is 30.3 Å². The molecule has 1 aromatic rings. The standard InChI is InChI=1S/C18H24N4O4S/c23-15-6-9-20-18(26)14(11-27)22-16(24)7-8-19-17(25)13(21-15)10-12-4-2-1-3-5-12/h1-5,13-14,27H,6-11H2,(H,19,25)(H,20,26)(H,21,23)(H,22,24)/t13-,14-/m0/s1. The topological polar surface area (TPSA) is 116 Å². The lowest BCUT2D eigenvalue weighted by molar-refractivity contribution is -0.131. The summed E-state index contributed by atoms with van der Waals surface area (Å²) in [5, 5.41) is 10.5. The molecule has 0 radical (unpaired) electrons. The number of nitrogens with one attached hydrogen (secondary N) is 4. The molecular weight excluding hydrogens is 368 g/mol. The van der Waals surface area contributed by atoms with Gasteiger partial charge in [-0.3, -0.25) is 19.2 Å². The quantitative estimate of drug-likeness (QED) is 0.431. The fourth-order valence-corrected chi connectivity index (χ4v) is 2.89. The third kappa shape index (κ3) is 6.93. The maximum Gasteiger partial charge on any atom is 0.243 e. The first-order valence-electron chi connectivity index (χ1n) is 8.78. The Morgan fingerprint density at radius 2 is 1.33 bits per heavy atom. The molecule has 1 heterocycles. The second-order valence-corrected chi connectivity index (χ2v) is 6.56. The van der Waals surface area contributed by atoms with Gasteiger partial charge in [-0.2, -0.15) is 12.6 Å². The normalized spacial score (nSPS) is 22.7. The van der Waals surface area contributed by atoms with Crippen LogP contribution in [-0.2, 0) is 25.6 Å². The molecule has 0 aliphatic carbocycles. The van der Waals surface area contributed by atoms with Crippen LogP contribution in [-0.4, -0.2) is 54.6 Å². The Labute approximate surface area is 163 Å². The minimum absolute atomic E-state index is 0.0231. The van der Waals surface area contributed by atoms with Crippen LogP contribution in [0.4, 0.5) is 0 Å². The molecule has 0 aromatic heterocycles. The molecule has 1 saturated heterocycles. The van der Waals surface area contributed by atoms with Crippen LogP contribution in [0.3, 0.4) is 0 Å². The summed E-state index contributed by atoms with van der Waals surface area (Å²) in [4.78, 5) is 48.7. The summed E-state index contributed by atoms with van der Waals surface area (Å²) in [7, 11) is 0. The van der Waals surface area contributed by atoms with E-state index in [9.17, 15) is 19.2 Å². The van der Waals surface area contributed by atoms with Crippen molar-refractivity contribution in [2.45, 2.75) is 31.3 Å². The summed E-state index contributed by atoms with van der Waals surface area (Å²) in [5.41, 5.74) is 0.904. The van der Waals surface area contributed by atoms with Gasteiger partial charge in [0, 0.05) is 38.1 Å². The van der Waals surface area contributed by atoms with Crippen molar-refractivity contribution in [3.8, 4) is 0 Å². The monoisotopic (exact) mass is 392 g/mol. The highest BCUT2D eigenvalue weighted by molar-refractivity contribution is 7.80. The lowest BCUT2D eigenvalue weighted by Crippen LogP contribution is -2.52. The Bertz CT molecular complexity index is 683. The van der Waals surface area contributed by atoms with E-state index in [4.69, 9.17) is 0 Å². The number of hydrogen-bond donors (Lipinski definition) is 5. The lowest BCUT2D eigenvalue weighted by Gasteiger charge is -2.21. The summed E-state index contributed by atoms with van der Waals surface area (Å²) in [6.07, 6.45) is 0.381. The van der Waals surface area contributed by atoms with Gasteiger partial charge in [-0.25, -0.2) is 0 Å². The van der Waals surface area contributed by atoms with Gasteiger partial charge >= 0.3 is 0 Å². The maximum atomic E-state index is 12.5. The van der Waals surface area contributed by atoms with Gasteiger partial charge in [-0.15, -0.1) is 0 Å². The van der Waals surface area contributed by atoms with Crippen molar-refractivity contribution in [1.29, 1.82) is 0 Å². The Morgan fingerprint density at radius 1 is 0.815 bits per heavy atom. The highest BCUT2D eigenvalue weighted by Crippen LogP contribution is 2.04. The molecule has 27 heavy (non-hydrogen) atoms. The van der Waals surface area contributed by atoms with Crippen LogP contribution in [0.25, 0.3) is 0 Å². The number of thiol groups is 1. The predicted octanol–water partition coefficient (Wildman–Crippen LogP) is -0.845. The summed E-state index contributed by atoms with van der Waals surface area (Å²) in [5.74, 6) is -1.31. The smallest absolute Gasteiger partial charge is 0.243 e. The van der Waals surface area contributed by atoms with E-state index >= 15 is 0 Å². The first kappa shape index (κ1) is 20.8. The van der Waals surface area contributed by atoms with Crippen LogP contribution < -0.4 is 21.3 Å². The number of rotatable bonds is 3. The summed E-state index contributed by atoms with van der Waals surface area (Å²) in [6.45, 7) is 0.206. The van der Waals surface area contributed by atoms with Gasteiger partial charge in [0.2, 0.25) is 23.6 Å². The number of benzene rings is 1. The summed E-state index contributed by atoms with van der Waals surface area (Å²) >= 11 is 4.06. The van der Waals surface area contributed by atoms with Gasteiger partial charge in [0.05, 0.1) is 0 Å². The molecule has 0 spiro atoms. The molecule has 9 heteroatoms. The van der Waals surface area contributed by atoms with Crippen LogP contribution in [0, 0.1) is 0 Å². The Kier molecular flexibility index (Phi) is 8.12. The van der Waals surface area contributed by atoms with Crippen molar-refractivity contribution >= 4 is 36.3 Å². The van der Waals surface area contributed by atoms with Crippen molar-refractivity contribution in [3.63, 3.8) is 0 Å². The van der Waals surface area contributed by atoms with Crippen LogP contribution in [0.1, 0.15) is 18.4 Å². The zero-order valence-corrected chi connectivity index (χ0v) is 15.8. The second-order valence-electron chi connectivity index (χ2n) is 6.19.